The molecule has 1 rings (SSSR count). The first-order valence-electron chi connectivity index (χ1n) is 5.36. The zero-order valence-corrected chi connectivity index (χ0v) is 10.3. The summed E-state index contributed by atoms with van der Waals surface area (Å²) in [6, 6.07) is 5.52. The Morgan fingerprint density at radius 1 is 1.40 bits per heavy atom. The zero-order chi connectivity index (χ0) is 11.4. The lowest BCUT2D eigenvalue weighted by Gasteiger charge is -2.09. The number of benzene rings is 1. The number of rotatable bonds is 4. The van der Waals surface area contributed by atoms with Crippen molar-refractivity contribution in [2.75, 3.05) is 0 Å². The molecule has 0 fully saturated rings. The Morgan fingerprint density at radius 2 is 2.07 bits per heavy atom. The summed E-state index contributed by atoms with van der Waals surface area (Å²) in [5, 5.41) is 0.641. The highest BCUT2D eigenvalue weighted by atomic mass is 35.5. The van der Waals surface area contributed by atoms with E-state index >= 15 is 0 Å². The average Bonchev–Trinajstić information content (AvgIpc) is 2.15. The molecular formula is C13H17ClO. The summed E-state index contributed by atoms with van der Waals surface area (Å²) in [6.07, 6.45) is 1.97. The van der Waals surface area contributed by atoms with Crippen LogP contribution in [0.2, 0.25) is 5.02 Å². The lowest BCUT2D eigenvalue weighted by atomic mass is 9.94. The van der Waals surface area contributed by atoms with E-state index in [1.54, 1.807) is 6.07 Å². The summed E-state index contributed by atoms with van der Waals surface area (Å²) in [6.45, 7) is 6.02. The van der Waals surface area contributed by atoms with Gasteiger partial charge < -0.3 is 0 Å². The van der Waals surface area contributed by atoms with Crippen LogP contribution < -0.4 is 0 Å². The lowest BCUT2D eigenvalue weighted by Crippen LogP contribution is -2.11. The fourth-order valence-corrected chi connectivity index (χ4v) is 2.02. The highest BCUT2D eigenvalue weighted by Gasteiger charge is 2.14. The van der Waals surface area contributed by atoms with E-state index in [4.69, 9.17) is 11.6 Å². The number of hydrogen-bond acceptors (Lipinski definition) is 1. The molecule has 82 valence electrons. The van der Waals surface area contributed by atoms with E-state index in [0.717, 1.165) is 24.0 Å². The summed E-state index contributed by atoms with van der Waals surface area (Å²) >= 11 is 5.92. The molecule has 0 spiro atoms. The van der Waals surface area contributed by atoms with Crippen LogP contribution in [0.3, 0.4) is 0 Å². The van der Waals surface area contributed by atoms with E-state index in [9.17, 15) is 4.79 Å². The smallest absolute Gasteiger partial charge is 0.165 e. The minimum Gasteiger partial charge on any atom is -0.294 e. The predicted molar refractivity (Wildman–Crippen MR) is 64.6 cm³/mol. The van der Waals surface area contributed by atoms with E-state index < -0.39 is 0 Å². The van der Waals surface area contributed by atoms with Crippen LogP contribution in [0.1, 0.15) is 42.6 Å². The first kappa shape index (κ1) is 12.3. The molecule has 0 saturated carbocycles. The van der Waals surface area contributed by atoms with Gasteiger partial charge in [0.05, 0.1) is 0 Å². The van der Waals surface area contributed by atoms with Crippen LogP contribution in [0.25, 0.3) is 0 Å². The van der Waals surface area contributed by atoms with Gasteiger partial charge in [0.1, 0.15) is 0 Å². The molecule has 0 aromatic heterocycles. The first-order chi connectivity index (χ1) is 7.04. The van der Waals surface area contributed by atoms with Gasteiger partial charge >= 0.3 is 0 Å². The molecule has 0 aliphatic rings. The topological polar surface area (TPSA) is 17.1 Å². The zero-order valence-electron chi connectivity index (χ0n) is 9.51. The van der Waals surface area contributed by atoms with Crippen LogP contribution in [0.5, 0.6) is 0 Å². The van der Waals surface area contributed by atoms with Crippen molar-refractivity contribution in [2.24, 2.45) is 5.92 Å². The first-order valence-corrected chi connectivity index (χ1v) is 5.73. The summed E-state index contributed by atoms with van der Waals surface area (Å²) in [7, 11) is 0. The number of hydrogen-bond donors (Lipinski definition) is 0. The molecule has 1 aromatic carbocycles. The van der Waals surface area contributed by atoms with Crippen LogP contribution in [-0.4, -0.2) is 5.78 Å². The molecule has 0 radical (unpaired) electrons. The molecular weight excluding hydrogens is 208 g/mol. The van der Waals surface area contributed by atoms with E-state index in [2.05, 4.69) is 6.92 Å². The Hall–Kier alpha value is -0.820. The molecule has 0 N–H and O–H groups in total. The SMILES string of the molecule is CCCC(C)C(=O)c1cc(C)cc(Cl)c1. The second kappa shape index (κ2) is 5.32. The van der Waals surface area contributed by atoms with Crippen molar-refractivity contribution < 1.29 is 4.79 Å². The van der Waals surface area contributed by atoms with Crippen LogP contribution in [0, 0.1) is 12.8 Å². The number of ketones is 1. The molecule has 1 unspecified atom stereocenters. The molecule has 0 aliphatic heterocycles. The van der Waals surface area contributed by atoms with Crippen molar-refractivity contribution in [1.82, 2.24) is 0 Å². The van der Waals surface area contributed by atoms with Gasteiger partial charge in [-0.15, -0.1) is 0 Å². The summed E-state index contributed by atoms with van der Waals surface area (Å²) in [5.41, 5.74) is 1.77. The van der Waals surface area contributed by atoms with Crippen molar-refractivity contribution in [1.29, 1.82) is 0 Å². The number of aryl methyl sites for hydroxylation is 1. The molecule has 0 bridgehead atoms. The monoisotopic (exact) mass is 224 g/mol. The number of halogens is 1. The Balaban J connectivity index is 2.90. The van der Waals surface area contributed by atoms with Gasteiger partial charge in [0.15, 0.2) is 5.78 Å². The predicted octanol–water partition coefficient (Wildman–Crippen LogP) is 4.27. The molecule has 0 amide bonds. The molecule has 0 heterocycles. The van der Waals surface area contributed by atoms with E-state index in [-0.39, 0.29) is 11.7 Å². The third-order valence-corrected chi connectivity index (χ3v) is 2.71. The largest absolute Gasteiger partial charge is 0.294 e. The Labute approximate surface area is 96.5 Å². The van der Waals surface area contributed by atoms with Crippen LogP contribution in [0.4, 0.5) is 0 Å². The summed E-state index contributed by atoms with van der Waals surface area (Å²) < 4.78 is 0. The van der Waals surface area contributed by atoms with Crippen molar-refractivity contribution in [3.05, 3.63) is 34.3 Å². The quantitative estimate of drug-likeness (QED) is 0.699. The molecule has 0 saturated heterocycles. The Kier molecular flexibility index (Phi) is 4.34. The Bertz CT molecular complexity index is 337. The number of carbonyl (C=O) groups excluding carboxylic acids is 1. The highest BCUT2D eigenvalue weighted by Crippen LogP contribution is 2.19. The maximum atomic E-state index is 12.0. The van der Waals surface area contributed by atoms with Gasteiger partial charge in [-0.2, -0.15) is 0 Å². The van der Waals surface area contributed by atoms with Crippen LogP contribution >= 0.6 is 11.6 Å². The lowest BCUT2D eigenvalue weighted by molar-refractivity contribution is 0.0923. The summed E-state index contributed by atoms with van der Waals surface area (Å²) in [5.74, 6) is 0.287. The van der Waals surface area contributed by atoms with Gasteiger partial charge in [0, 0.05) is 16.5 Å². The Morgan fingerprint density at radius 3 is 2.60 bits per heavy atom. The molecule has 1 atom stereocenters. The molecule has 2 heteroatoms. The molecule has 1 nitrogen and oxygen atoms in total. The van der Waals surface area contributed by atoms with Gasteiger partial charge in [-0.3, -0.25) is 4.79 Å². The maximum Gasteiger partial charge on any atom is 0.165 e. The molecule has 15 heavy (non-hydrogen) atoms. The van der Waals surface area contributed by atoms with Gasteiger partial charge in [0.25, 0.3) is 0 Å². The third-order valence-electron chi connectivity index (χ3n) is 2.50. The minimum absolute atomic E-state index is 0.0906. The van der Waals surface area contributed by atoms with Crippen LogP contribution in [-0.2, 0) is 0 Å². The number of carbonyl (C=O) groups is 1. The van der Waals surface area contributed by atoms with Gasteiger partial charge in [-0.1, -0.05) is 31.9 Å². The average molecular weight is 225 g/mol. The normalized spacial score (nSPS) is 12.5. The van der Waals surface area contributed by atoms with E-state index in [1.807, 2.05) is 26.0 Å². The van der Waals surface area contributed by atoms with Crippen molar-refractivity contribution >= 4 is 17.4 Å². The highest BCUT2D eigenvalue weighted by molar-refractivity contribution is 6.31. The number of Topliss-reactive ketones (excluding diaryl/α,β-unsaturated/α-hetero) is 1. The van der Waals surface area contributed by atoms with Crippen molar-refractivity contribution in [3.63, 3.8) is 0 Å². The van der Waals surface area contributed by atoms with Crippen molar-refractivity contribution in [2.45, 2.75) is 33.6 Å². The maximum absolute atomic E-state index is 12.0. The second-order valence-corrected chi connectivity index (χ2v) is 4.51. The summed E-state index contributed by atoms with van der Waals surface area (Å²) in [4.78, 5) is 12.0. The minimum atomic E-state index is 0.0906. The fourth-order valence-electron chi connectivity index (χ4n) is 1.73. The van der Waals surface area contributed by atoms with E-state index in [1.165, 1.54) is 0 Å². The van der Waals surface area contributed by atoms with Crippen molar-refractivity contribution in [3.8, 4) is 0 Å². The van der Waals surface area contributed by atoms with Crippen LogP contribution in [0.15, 0.2) is 18.2 Å². The second-order valence-electron chi connectivity index (χ2n) is 4.07. The third kappa shape index (κ3) is 3.35. The van der Waals surface area contributed by atoms with Gasteiger partial charge in [-0.25, -0.2) is 0 Å². The van der Waals surface area contributed by atoms with E-state index in [0.29, 0.717) is 5.02 Å². The van der Waals surface area contributed by atoms with Gasteiger partial charge in [0.2, 0.25) is 0 Å². The standard InChI is InChI=1S/C13H17ClO/c1-4-5-10(3)13(15)11-6-9(2)7-12(14)8-11/h6-8,10H,4-5H2,1-3H3. The molecule has 0 aliphatic carbocycles. The fraction of sp³-hybridized carbons (Fsp3) is 0.462. The molecule has 1 aromatic rings. The van der Waals surface area contributed by atoms with Gasteiger partial charge in [-0.05, 0) is 37.1 Å².